The van der Waals surface area contributed by atoms with Crippen molar-refractivity contribution in [2.45, 2.75) is 13.8 Å². The summed E-state index contributed by atoms with van der Waals surface area (Å²) < 4.78 is 0. The van der Waals surface area contributed by atoms with Crippen molar-refractivity contribution < 1.29 is 5.11 Å². The highest BCUT2D eigenvalue weighted by Gasteiger charge is 2.07. The Morgan fingerprint density at radius 3 is 2.33 bits per heavy atom. The number of phenols is 1. The highest BCUT2D eigenvalue weighted by atomic mass is 16.3. The summed E-state index contributed by atoms with van der Waals surface area (Å²) in [6.45, 7) is 3.80. The van der Waals surface area contributed by atoms with Crippen LogP contribution in [0.15, 0.2) is 30.6 Å². The minimum absolute atomic E-state index is 0.312. The van der Waals surface area contributed by atoms with Gasteiger partial charge >= 0.3 is 0 Å². The van der Waals surface area contributed by atoms with Gasteiger partial charge in [0.15, 0.2) is 5.82 Å². The molecule has 3 nitrogen and oxygen atoms in total. The second-order valence-electron chi connectivity index (χ2n) is 3.53. The van der Waals surface area contributed by atoms with Gasteiger partial charge in [0.2, 0.25) is 0 Å². The summed E-state index contributed by atoms with van der Waals surface area (Å²) >= 11 is 0. The van der Waals surface area contributed by atoms with Gasteiger partial charge in [-0.3, -0.25) is 0 Å². The molecule has 0 aliphatic rings. The van der Waals surface area contributed by atoms with E-state index in [-0.39, 0.29) is 0 Å². The van der Waals surface area contributed by atoms with Crippen LogP contribution < -0.4 is 0 Å². The Morgan fingerprint density at radius 1 is 1.00 bits per heavy atom. The van der Waals surface area contributed by atoms with Gasteiger partial charge in [-0.15, -0.1) is 0 Å². The second-order valence-corrected chi connectivity index (χ2v) is 3.53. The van der Waals surface area contributed by atoms with Gasteiger partial charge in [0.05, 0.1) is 0 Å². The number of phenolic OH excluding ortho intramolecular Hbond substituents is 1. The number of rotatable bonds is 1. The standard InChI is InChI=1S/C12H12N2O/c1-8-7-11(15)9(2)6-10(8)12-13-4-3-5-14-12/h3-7,15H,1-2H3. The number of hydrogen-bond donors (Lipinski definition) is 1. The third-order valence-corrected chi connectivity index (χ3v) is 2.35. The van der Waals surface area contributed by atoms with Crippen LogP contribution in [0.25, 0.3) is 11.4 Å². The monoisotopic (exact) mass is 200 g/mol. The minimum atomic E-state index is 0.312. The third-order valence-electron chi connectivity index (χ3n) is 2.35. The lowest BCUT2D eigenvalue weighted by molar-refractivity contribution is 0.471. The first kappa shape index (κ1) is 9.65. The van der Waals surface area contributed by atoms with E-state index in [0.29, 0.717) is 11.6 Å². The van der Waals surface area contributed by atoms with Crippen molar-refractivity contribution in [1.82, 2.24) is 9.97 Å². The molecule has 0 saturated heterocycles. The van der Waals surface area contributed by atoms with Gasteiger partial charge in [0, 0.05) is 18.0 Å². The molecule has 1 heterocycles. The third kappa shape index (κ3) is 1.81. The fraction of sp³-hybridized carbons (Fsp3) is 0.167. The maximum absolute atomic E-state index is 9.53. The van der Waals surface area contributed by atoms with Crippen molar-refractivity contribution in [3.8, 4) is 17.1 Å². The second kappa shape index (κ2) is 3.69. The Kier molecular flexibility index (Phi) is 2.37. The quantitative estimate of drug-likeness (QED) is 0.769. The van der Waals surface area contributed by atoms with Crippen LogP contribution in [0, 0.1) is 13.8 Å². The fourth-order valence-electron chi connectivity index (χ4n) is 1.48. The van der Waals surface area contributed by atoms with Crippen molar-refractivity contribution in [3.63, 3.8) is 0 Å². The van der Waals surface area contributed by atoms with Crippen molar-refractivity contribution in [3.05, 3.63) is 41.7 Å². The highest BCUT2D eigenvalue weighted by molar-refractivity contribution is 5.63. The molecule has 0 saturated carbocycles. The Balaban J connectivity index is 2.59. The molecule has 0 aliphatic heterocycles. The van der Waals surface area contributed by atoms with E-state index in [4.69, 9.17) is 0 Å². The number of aryl methyl sites for hydroxylation is 2. The molecule has 2 aromatic rings. The molecule has 0 bridgehead atoms. The zero-order valence-electron chi connectivity index (χ0n) is 8.73. The number of hydrogen-bond acceptors (Lipinski definition) is 3. The van der Waals surface area contributed by atoms with E-state index in [1.54, 1.807) is 24.5 Å². The lowest BCUT2D eigenvalue weighted by atomic mass is 10.0. The van der Waals surface area contributed by atoms with Gasteiger partial charge in [0.1, 0.15) is 5.75 Å². The highest BCUT2D eigenvalue weighted by Crippen LogP contribution is 2.26. The lowest BCUT2D eigenvalue weighted by Crippen LogP contribution is -1.91. The molecule has 3 heteroatoms. The van der Waals surface area contributed by atoms with Gasteiger partial charge in [-0.2, -0.15) is 0 Å². The molecule has 0 radical (unpaired) electrons. The first-order valence-corrected chi connectivity index (χ1v) is 4.76. The SMILES string of the molecule is Cc1cc(-c2ncccn2)c(C)cc1O. The number of aromatic nitrogens is 2. The zero-order valence-corrected chi connectivity index (χ0v) is 8.73. The molecule has 0 atom stereocenters. The van der Waals surface area contributed by atoms with E-state index in [1.807, 2.05) is 19.9 Å². The molecule has 76 valence electrons. The average Bonchev–Trinajstić information content (AvgIpc) is 2.25. The Hall–Kier alpha value is -1.90. The fourth-order valence-corrected chi connectivity index (χ4v) is 1.48. The lowest BCUT2D eigenvalue weighted by Gasteiger charge is -2.07. The largest absolute Gasteiger partial charge is 0.508 e. The number of nitrogens with zero attached hydrogens (tertiary/aromatic N) is 2. The van der Waals surface area contributed by atoms with Gasteiger partial charge in [-0.1, -0.05) is 0 Å². The van der Waals surface area contributed by atoms with Gasteiger partial charge in [0.25, 0.3) is 0 Å². The summed E-state index contributed by atoms with van der Waals surface area (Å²) in [4.78, 5) is 8.38. The van der Waals surface area contributed by atoms with Crippen LogP contribution in [-0.2, 0) is 0 Å². The topological polar surface area (TPSA) is 46.0 Å². The molecule has 0 fully saturated rings. The first-order chi connectivity index (χ1) is 7.18. The molecule has 1 aromatic heterocycles. The van der Waals surface area contributed by atoms with Crippen LogP contribution in [0.2, 0.25) is 0 Å². The molecule has 0 aliphatic carbocycles. The average molecular weight is 200 g/mol. The minimum Gasteiger partial charge on any atom is -0.508 e. The summed E-state index contributed by atoms with van der Waals surface area (Å²) in [5.74, 6) is 1.00. The molecular formula is C12H12N2O. The molecule has 15 heavy (non-hydrogen) atoms. The van der Waals surface area contributed by atoms with Crippen LogP contribution >= 0.6 is 0 Å². The van der Waals surface area contributed by atoms with E-state index in [0.717, 1.165) is 16.7 Å². The van der Waals surface area contributed by atoms with Gasteiger partial charge in [-0.05, 0) is 43.2 Å². The van der Waals surface area contributed by atoms with Crippen molar-refractivity contribution in [1.29, 1.82) is 0 Å². The summed E-state index contributed by atoms with van der Waals surface area (Å²) in [6.07, 6.45) is 3.42. The van der Waals surface area contributed by atoms with Crippen molar-refractivity contribution in [2.75, 3.05) is 0 Å². The molecule has 0 spiro atoms. The summed E-state index contributed by atoms with van der Waals surface area (Å²) in [5, 5.41) is 9.53. The van der Waals surface area contributed by atoms with Gasteiger partial charge < -0.3 is 5.11 Å². The molecule has 1 aromatic carbocycles. The molecule has 0 amide bonds. The zero-order chi connectivity index (χ0) is 10.8. The predicted octanol–water partition coefficient (Wildman–Crippen LogP) is 2.47. The maximum atomic E-state index is 9.53. The molecule has 0 unspecified atom stereocenters. The van der Waals surface area contributed by atoms with Crippen LogP contribution in [0.1, 0.15) is 11.1 Å². The summed E-state index contributed by atoms with van der Waals surface area (Å²) in [7, 11) is 0. The molecule has 2 rings (SSSR count). The van der Waals surface area contributed by atoms with E-state index >= 15 is 0 Å². The first-order valence-electron chi connectivity index (χ1n) is 4.76. The van der Waals surface area contributed by atoms with Crippen molar-refractivity contribution in [2.24, 2.45) is 0 Å². The van der Waals surface area contributed by atoms with Crippen molar-refractivity contribution >= 4 is 0 Å². The Labute approximate surface area is 88.5 Å². The van der Waals surface area contributed by atoms with Crippen LogP contribution in [0.4, 0.5) is 0 Å². The van der Waals surface area contributed by atoms with Crippen LogP contribution in [-0.4, -0.2) is 15.1 Å². The van der Waals surface area contributed by atoms with Crippen LogP contribution in [0.5, 0.6) is 5.75 Å². The van der Waals surface area contributed by atoms with E-state index < -0.39 is 0 Å². The van der Waals surface area contributed by atoms with E-state index in [1.165, 1.54) is 0 Å². The smallest absolute Gasteiger partial charge is 0.159 e. The normalized spacial score (nSPS) is 10.3. The maximum Gasteiger partial charge on any atom is 0.159 e. The molecule has 1 N–H and O–H groups in total. The summed E-state index contributed by atoms with van der Waals surface area (Å²) in [6, 6.07) is 5.42. The Bertz CT molecular complexity index is 480. The molecular weight excluding hydrogens is 188 g/mol. The number of aromatic hydroxyl groups is 1. The number of benzene rings is 1. The Morgan fingerprint density at radius 2 is 1.67 bits per heavy atom. The summed E-state index contributed by atoms with van der Waals surface area (Å²) in [5.41, 5.74) is 2.78. The van der Waals surface area contributed by atoms with Gasteiger partial charge in [-0.25, -0.2) is 9.97 Å². The van der Waals surface area contributed by atoms with Crippen LogP contribution in [0.3, 0.4) is 0 Å². The van der Waals surface area contributed by atoms with E-state index in [9.17, 15) is 5.11 Å². The van der Waals surface area contributed by atoms with E-state index in [2.05, 4.69) is 9.97 Å². The predicted molar refractivity (Wildman–Crippen MR) is 58.6 cm³/mol.